The molecule has 0 saturated carbocycles. The number of ether oxygens (including phenoxy) is 1. The highest BCUT2D eigenvalue weighted by Gasteiger charge is 2.46. The minimum absolute atomic E-state index is 0.250. The average Bonchev–Trinajstić information content (AvgIpc) is 3.36. The molecule has 1 aromatic carbocycles. The van der Waals surface area contributed by atoms with E-state index in [2.05, 4.69) is 5.48 Å². The molecule has 1 aromatic rings. The van der Waals surface area contributed by atoms with Crippen molar-refractivity contribution in [3.05, 3.63) is 35.9 Å². The van der Waals surface area contributed by atoms with Crippen molar-refractivity contribution in [1.29, 1.82) is 0 Å². The molecule has 3 rings (SSSR count). The fraction of sp³-hybridized carbons (Fsp3) is 0.583. The summed E-state index contributed by atoms with van der Waals surface area (Å²) in [6.07, 6.45) is 0.241. The molecule has 186 valence electrons. The number of nitrogens with zero attached hydrogens (tertiary/aromatic N) is 3. The van der Waals surface area contributed by atoms with Crippen molar-refractivity contribution in [3.63, 3.8) is 0 Å². The molecule has 0 aromatic heterocycles. The zero-order valence-corrected chi connectivity index (χ0v) is 20.6. The van der Waals surface area contributed by atoms with E-state index in [-0.39, 0.29) is 25.3 Å². The molecule has 1 saturated heterocycles. The third kappa shape index (κ3) is 6.47. The summed E-state index contributed by atoms with van der Waals surface area (Å²) in [7, 11) is 0. The molecule has 2 heterocycles. The first-order chi connectivity index (χ1) is 16.1. The van der Waals surface area contributed by atoms with Crippen molar-refractivity contribution in [3.8, 4) is 0 Å². The van der Waals surface area contributed by atoms with Crippen molar-refractivity contribution in [2.75, 3.05) is 19.6 Å². The third-order valence-corrected chi connectivity index (χ3v) is 5.56. The predicted molar refractivity (Wildman–Crippen MR) is 124 cm³/mol. The maximum Gasteiger partial charge on any atom is 0.533 e. The first-order valence-electron chi connectivity index (χ1n) is 11.6. The van der Waals surface area contributed by atoms with Gasteiger partial charge >= 0.3 is 12.1 Å². The van der Waals surface area contributed by atoms with Crippen LogP contribution in [-0.2, 0) is 25.8 Å². The number of hydrogen-bond donors (Lipinski definition) is 1. The Balaban J connectivity index is 1.50. The molecule has 4 amide bonds. The summed E-state index contributed by atoms with van der Waals surface area (Å²) < 4.78 is 6.63. The molecular weight excluding hydrogens is 440 g/mol. The van der Waals surface area contributed by atoms with E-state index in [4.69, 9.17) is 14.4 Å². The van der Waals surface area contributed by atoms with Crippen LogP contribution in [-0.4, -0.2) is 75.7 Å². The number of nitrogens with one attached hydrogen (secondary N) is 1. The number of hydroxylamine groups is 2. The van der Waals surface area contributed by atoms with Gasteiger partial charge in [0.25, 0.3) is 5.91 Å². The Morgan fingerprint density at radius 3 is 2.59 bits per heavy atom. The summed E-state index contributed by atoms with van der Waals surface area (Å²) in [4.78, 5) is 52.4. The van der Waals surface area contributed by atoms with E-state index in [0.29, 0.717) is 31.6 Å². The van der Waals surface area contributed by atoms with Crippen molar-refractivity contribution in [2.45, 2.75) is 71.8 Å². The van der Waals surface area contributed by atoms with Gasteiger partial charge in [0.1, 0.15) is 11.7 Å². The van der Waals surface area contributed by atoms with Gasteiger partial charge in [-0.05, 0) is 43.9 Å². The standard InChI is InChI=1S/C24H34N4O6/c1-6-20(21(29)25-34-19-12-13-26(15-19)23(31)33-24(3,4)5)27-14-17(2)28(22(27)30)32-16-18-10-8-7-9-11-18/h7-11,19-20H,6,12-16H2,1-5H3/p+1. The van der Waals surface area contributed by atoms with E-state index >= 15 is 0 Å². The van der Waals surface area contributed by atoms with Crippen LogP contribution in [0.4, 0.5) is 9.59 Å². The smallest absolute Gasteiger partial charge is 0.444 e. The highest BCUT2D eigenvalue weighted by atomic mass is 16.7. The monoisotopic (exact) mass is 475 g/mol. The highest BCUT2D eigenvalue weighted by Crippen LogP contribution is 2.18. The van der Waals surface area contributed by atoms with E-state index in [1.165, 1.54) is 9.64 Å². The second-order valence-electron chi connectivity index (χ2n) is 9.54. The molecule has 1 fully saturated rings. The molecule has 0 spiro atoms. The number of carbonyl (C=O) groups excluding carboxylic acids is 3. The van der Waals surface area contributed by atoms with Gasteiger partial charge in [-0.15, -0.1) is 0 Å². The summed E-state index contributed by atoms with van der Waals surface area (Å²) in [5.41, 5.74) is 3.56. The Hall–Kier alpha value is -3.14. The molecule has 2 atom stereocenters. The Morgan fingerprint density at radius 2 is 1.94 bits per heavy atom. The fourth-order valence-corrected chi connectivity index (χ4v) is 3.85. The third-order valence-electron chi connectivity index (χ3n) is 5.56. The lowest BCUT2D eigenvalue weighted by Crippen LogP contribution is -2.49. The molecule has 10 nitrogen and oxygen atoms in total. The molecule has 1 N–H and O–H groups in total. The van der Waals surface area contributed by atoms with Gasteiger partial charge < -0.3 is 14.5 Å². The van der Waals surface area contributed by atoms with E-state index in [1.807, 2.05) is 58.0 Å². The number of amides is 4. The zero-order valence-electron chi connectivity index (χ0n) is 20.6. The SMILES string of the molecule is CCC(C(=O)NOC1CCN(C(=O)OC(C)(C)C)C1)N1CC(C)=[N+](OCc2ccccc2)C1=O. The van der Waals surface area contributed by atoms with Crippen LogP contribution in [0.3, 0.4) is 0 Å². The molecule has 2 aliphatic rings. The molecular formula is C24H35N4O6+. The molecule has 2 aliphatic heterocycles. The summed E-state index contributed by atoms with van der Waals surface area (Å²) in [6, 6.07) is 8.46. The minimum Gasteiger partial charge on any atom is -0.444 e. The van der Waals surface area contributed by atoms with Crippen LogP contribution in [0.25, 0.3) is 0 Å². The van der Waals surface area contributed by atoms with Gasteiger partial charge in [-0.3, -0.25) is 9.63 Å². The lowest BCUT2D eigenvalue weighted by Gasteiger charge is -2.24. The zero-order chi connectivity index (χ0) is 24.9. The lowest BCUT2D eigenvalue weighted by molar-refractivity contribution is -0.720. The van der Waals surface area contributed by atoms with Crippen LogP contribution < -0.4 is 5.48 Å². The number of benzene rings is 1. The predicted octanol–water partition coefficient (Wildman–Crippen LogP) is 2.86. The van der Waals surface area contributed by atoms with Gasteiger partial charge in [-0.2, -0.15) is 4.79 Å². The number of rotatable bonds is 8. The highest BCUT2D eigenvalue weighted by molar-refractivity contribution is 5.94. The first kappa shape index (κ1) is 25.5. The Bertz CT molecular complexity index is 927. The Kier molecular flexibility index (Phi) is 8.14. The number of carbonyl (C=O) groups is 3. The molecule has 0 aliphatic carbocycles. The maximum atomic E-state index is 13.0. The maximum absolute atomic E-state index is 13.0. The molecule has 2 unspecified atom stereocenters. The minimum atomic E-state index is -0.712. The van der Waals surface area contributed by atoms with Crippen molar-refractivity contribution < 1.29 is 33.5 Å². The van der Waals surface area contributed by atoms with Crippen LogP contribution in [0.5, 0.6) is 0 Å². The van der Waals surface area contributed by atoms with Crippen LogP contribution >= 0.6 is 0 Å². The molecule has 0 radical (unpaired) electrons. The van der Waals surface area contributed by atoms with E-state index in [0.717, 1.165) is 5.56 Å². The number of hydrogen-bond acceptors (Lipinski definition) is 6. The van der Waals surface area contributed by atoms with E-state index in [9.17, 15) is 14.4 Å². The first-order valence-corrected chi connectivity index (χ1v) is 11.6. The van der Waals surface area contributed by atoms with Gasteiger partial charge in [-0.25, -0.2) is 15.2 Å². The van der Waals surface area contributed by atoms with Gasteiger partial charge in [-0.1, -0.05) is 37.3 Å². The number of likely N-dealkylation sites (tertiary alicyclic amines) is 1. The molecule has 0 bridgehead atoms. The summed E-state index contributed by atoms with van der Waals surface area (Å²) >= 11 is 0. The Labute approximate surface area is 200 Å². The number of urea groups is 1. The van der Waals surface area contributed by atoms with E-state index in [1.54, 1.807) is 11.8 Å². The topological polar surface area (TPSA) is 100 Å². The summed E-state index contributed by atoms with van der Waals surface area (Å²) in [6.45, 7) is 10.4. The van der Waals surface area contributed by atoms with Crippen LogP contribution in [0.1, 0.15) is 53.0 Å². The van der Waals surface area contributed by atoms with Gasteiger partial charge in [0.15, 0.2) is 24.9 Å². The van der Waals surface area contributed by atoms with Crippen LogP contribution in [0.2, 0.25) is 0 Å². The van der Waals surface area contributed by atoms with Crippen molar-refractivity contribution >= 4 is 23.7 Å². The van der Waals surface area contributed by atoms with E-state index < -0.39 is 23.6 Å². The average molecular weight is 476 g/mol. The van der Waals surface area contributed by atoms with Crippen molar-refractivity contribution in [1.82, 2.24) is 15.3 Å². The molecule has 10 heteroatoms. The lowest BCUT2D eigenvalue weighted by atomic mass is 10.2. The van der Waals surface area contributed by atoms with Crippen LogP contribution in [0.15, 0.2) is 30.3 Å². The van der Waals surface area contributed by atoms with Gasteiger partial charge in [0, 0.05) is 13.5 Å². The quantitative estimate of drug-likeness (QED) is 0.458. The summed E-state index contributed by atoms with van der Waals surface area (Å²) in [5.74, 6) is -0.413. The Morgan fingerprint density at radius 1 is 1.24 bits per heavy atom. The normalized spacial score (nSPS) is 19.4. The fourth-order valence-electron chi connectivity index (χ4n) is 3.85. The second kappa shape index (κ2) is 10.9. The van der Waals surface area contributed by atoms with Gasteiger partial charge in [0.05, 0.1) is 6.54 Å². The van der Waals surface area contributed by atoms with Crippen molar-refractivity contribution in [2.24, 2.45) is 0 Å². The summed E-state index contributed by atoms with van der Waals surface area (Å²) in [5, 5.41) is 0. The molecule has 34 heavy (non-hydrogen) atoms. The van der Waals surface area contributed by atoms with Crippen LogP contribution in [0, 0.1) is 0 Å². The second-order valence-corrected chi connectivity index (χ2v) is 9.54. The van der Waals surface area contributed by atoms with Gasteiger partial charge in [0.2, 0.25) is 0 Å². The largest absolute Gasteiger partial charge is 0.533 e.